The van der Waals surface area contributed by atoms with E-state index in [0.29, 0.717) is 21.2 Å². The van der Waals surface area contributed by atoms with Crippen LogP contribution in [-0.4, -0.2) is 10.8 Å². The zero-order chi connectivity index (χ0) is 22.2. The Morgan fingerprint density at radius 2 is 1.56 bits per heavy atom. The second-order valence-corrected chi connectivity index (χ2v) is 9.08. The Bertz CT molecular complexity index is 1440. The lowest BCUT2D eigenvalue weighted by Crippen LogP contribution is -2.01. The monoisotopic (exact) mass is 454 g/mol. The number of nitrogens with zero attached hydrogens (tertiary/aromatic N) is 1. The standard InChI is InChI=1S/C27H19ClN2OS/c1-16-7-9-17(10-8-16)21-15-22(18-11-13-20(28)14-12-18)30-27-23(21)24(29)26(32-27)25(31)19-5-3-2-4-6-19/h2-15H,29H2,1H3. The van der Waals surface area contributed by atoms with E-state index in [1.54, 1.807) is 12.1 Å². The predicted molar refractivity (Wildman–Crippen MR) is 135 cm³/mol. The number of hydrogen-bond donors (Lipinski definition) is 1. The summed E-state index contributed by atoms with van der Waals surface area (Å²) in [6.45, 7) is 2.06. The van der Waals surface area contributed by atoms with Gasteiger partial charge in [-0.05, 0) is 36.2 Å². The fraction of sp³-hybridized carbons (Fsp3) is 0.0370. The maximum Gasteiger partial charge on any atom is 0.205 e. The molecule has 5 heteroatoms. The first-order valence-electron chi connectivity index (χ1n) is 10.2. The molecule has 156 valence electrons. The Labute approximate surface area is 195 Å². The second kappa shape index (κ2) is 8.23. The molecule has 0 radical (unpaired) electrons. The highest BCUT2D eigenvalue weighted by Gasteiger charge is 2.22. The number of ketones is 1. The van der Waals surface area contributed by atoms with Crippen molar-refractivity contribution < 1.29 is 4.79 Å². The zero-order valence-corrected chi connectivity index (χ0v) is 18.9. The Morgan fingerprint density at radius 3 is 2.25 bits per heavy atom. The van der Waals surface area contributed by atoms with Gasteiger partial charge in [0.2, 0.25) is 5.78 Å². The summed E-state index contributed by atoms with van der Waals surface area (Å²) in [6.07, 6.45) is 0. The molecule has 2 N–H and O–H groups in total. The molecule has 0 saturated carbocycles. The lowest BCUT2D eigenvalue weighted by Gasteiger charge is -2.09. The van der Waals surface area contributed by atoms with Crippen molar-refractivity contribution in [1.29, 1.82) is 0 Å². The molecule has 5 rings (SSSR count). The molecule has 0 saturated heterocycles. The van der Waals surface area contributed by atoms with Gasteiger partial charge in [0.25, 0.3) is 0 Å². The summed E-state index contributed by atoms with van der Waals surface area (Å²) in [7, 11) is 0. The van der Waals surface area contributed by atoms with Gasteiger partial charge in [-0.1, -0.05) is 83.9 Å². The quantitative estimate of drug-likeness (QED) is 0.288. The van der Waals surface area contributed by atoms with E-state index in [2.05, 4.69) is 31.2 Å². The molecule has 5 aromatic rings. The summed E-state index contributed by atoms with van der Waals surface area (Å²) in [4.78, 5) is 19.3. The third-order valence-electron chi connectivity index (χ3n) is 5.44. The molecular weight excluding hydrogens is 436 g/mol. The van der Waals surface area contributed by atoms with E-state index in [1.165, 1.54) is 16.9 Å². The molecule has 0 bridgehead atoms. The van der Waals surface area contributed by atoms with Crippen LogP contribution >= 0.6 is 22.9 Å². The van der Waals surface area contributed by atoms with Crippen LogP contribution in [-0.2, 0) is 0 Å². The maximum atomic E-state index is 13.2. The smallest absolute Gasteiger partial charge is 0.205 e. The summed E-state index contributed by atoms with van der Waals surface area (Å²) >= 11 is 7.42. The number of carbonyl (C=O) groups excluding carboxylic acids is 1. The number of thiophene rings is 1. The van der Waals surface area contributed by atoms with Gasteiger partial charge in [0.15, 0.2) is 0 Å². The van der Waals surface area contributed by atoms with E-state index in [0.717, 1.165) is 32.6 Å². The van der Waals surface area contributed by atoms with E-state index in [-0.39, 0.29) is 5.78 Å². The molecule has 0 aliphatic heterocycles. The van der Waals surface area contributed by atoms with E-state index in [1.807, 2.05) is 48.5 Å². The van der Waals surface area contributed by atoms with Crippen LogP contribution in [0, 0.1) is 6.92 Å². The number of carbonyl (C=O) groups is 1. The molecule has 32 heavy (non-hydrogen) atoms. The molecule has 0 spiro atoms. The summed E-state index contributed by atoms with van der Waals surface area (Å²) in [5.74, 6) is -0.0889. The Hall–Kier alpha value is -3.47. The van der Waals surface area contributed by atoms with Crippen LogP contribution in [0.15, 0.2) is 84.9 Å². The number of aromatic nitrogens is 1. The van der Waals surface area contributed by atoms with Crippen molar-refractivity contribution in [3.63, 3.8) is 0 Å². The first-order chi connectivity index (χ1) is 15.5. The highest BCUT2D eigenvalue weighted by atomic mass is 35.5. The minimum atomic E-state index is -0.0889. The third kappa shape index (κ3) is 3.68. The van der Waals surface area contributed by atoms with Crippen LogP contribution in [0.2, 0.25) is 5.02 Å². The topological polar surface area (TPSA) is 56.0 Å². The van der Waals surface area contributed by atoms with Crippen molar-refractivity contribution in [3.8, 4) is 22.4 Å². The number of benzene rings is 3. The number of fused-ring (bicyclic) bond motifs is 1. The van der Waals surface area contributed by atoms with Crippen molar-refractivity contribution >= 4 is 44.6 Å². The largest absolute Gasteiger partial charge is 0.397 e. The SMILES string of the molecule is Cc1ccc(-c2cc(-c3ccc(Cl)cc3)nc3sc(C(=O)c4ccccc4)c(N)c23)cc1. The van der Waals surface area contributed by atoms with Crippen molar-refractivity contribution in [2.75, 3.05) is 5.73 Å². The van der Waals surface area contributed by atoms with Gasteiger partial charge >= 0.3 is 0 Å². The fourth-order valence-electron chi connectivity index (χ4n) is 3.74. The number of halogens is 1. The van der Waals surface area contributed by atoms with E-state index in [9.17, 15) is 4.79 Å². The summed E-state index contributed by atoms with van der Waals surface area (Å²) in [6, 6.07) is 27.1. The number of nitrogen functional groups attached to an aromatic ring is 1. The molecule has 3 nitrogen and oxygen atoms in total. The number of anilines is 1. The minimum absolute atomic E-state index is 0.0889. The van der Waals surface area contributed by atoms with Gasteiger partial charge in [-0.15, -0.1) is 11.3 Å². The first kappa shape index (κ1) is 20.4. The van der Waals surface area contributed by atoms with Crippen molar-refractivity contribution in [1.82, 2.24) is 4.98 Å². The van der Waals surface area contributed by atoms with Crippen molar-refractivity contribution in [2.45, 2.75) is 6.92 Å². The Kier molecular flexibility index (Phi) is 5.25. The lowest BCUT2D eigenvalue weighted by molar-refractivity contribution is 0.104. The predicted octanol–water partition coefficient (Wildman–Crippen LogP) is 7.41. The highest BCUT2D eigenvalue weighted by Crippen LogP contribution is 2.42. The van der Waals surface area contributed by atoms with Crippen LogP contribution in [0.4, 0.5) is 5.69 Å². The van der Waals surface area contributed by atoms with E-state index < -0.39 is 0 Å². The highest BCUT2D eigenvalue weighted by molar-refractivity contribution is 7.21. The van der Waals surface area contributed by atoms with Crippen LogP contribution in [0.25, 0.3) is 32.6 Å². The summed E-state index contributed by atoms with van der Waals surface area (Å²) in [5, 5.41) is 1.49. The number of pyridine rings is 1. The third-order valence-corrected chi connectivity index (χ3v) is 6.79. The van der Waals surface area contributed by atoms with Gasteiger partial charge in [0.1, 0.15) is 9.71 Å². The molecule has 2 heterocycles. The normalized spacial score (nSPS) is 11.1. The van der Waals surface area contributed by atoms with E-state index >= 15 is 0 Å². The summed E-state index contributed by atoms with van der Waals surface area (Å²) < 4.78 is 0. The average molecular weight is 455 g/mol. The molecule has 0 aliphatic carbocycles. The van der Waals surface area contributed by atoms with Gasteiger partial charge in [-0.25, -0.2) is 4.98 Å². The number of aryl methyl sites for hydroxylation is 1. The summed E-state index contributed by atoms with van der Waals surface area (Å²) in [5.41, 5.74) is 12.6. The molecule has 0 fully saturated rings. The second-order valence-electron chi connectivity index (χ2n) is 7.65. The Morgan fingerprint density at radius 1 is 0.906 bits per heavy atom. The van der Waals surface area contributed by atoms with Crippen LogP contribution < -0.4 is 5.73 Å². The molecule has 0 amide bonds. The molecular formula is C27H19ClN2OS. The van der Waals surface area contributed by atoms with Crippen LogP contribution in [0.3, 0.4) is 0 Å². The first-order valence-corrected chi connectivity index (χ1v) is 11.4. The number of hydrogen-bond acceptors (Lipinski definition) is 4. The lowest BCUT2D eigenvalue weighted by atomic mass is 9.98. The van der Waals surface area contributed by atoms with Gasteiger partial charge in [0, 0.05) is 21.5 Å². The van der Waals surface area contributed by atoms with Crippen molar-refractivity contribution in [2.24, 2.45) is 0 Å². The molecule has 2 aromatic heterocycles. The fourth-order valence-corrected chi connectivity index (χ4v) is 4.95. The Balaban J connectivity index is 1.76. The van der Waals surface area contributed by atoms with Crippen LogP contribution in [0.5, 0.6) is 0 Å². The molecule has 0 atom stereocenters. The molecule has 0 unspecified atom stereocenters. The van der Waals surface area contributed by atoms with E-state index in [4.69, 9.17) is 22.3 Å². The minimum Gasteiger partial charge on any atom is -0.397 e. The number of nitrogens with two attached hydrogens (primary N) is 1. The van der Waals surface area contributed by atoms with Gasteiger partial charge in [-0.3, -0.25) is 4.79 Å². The zero-order valence-electron chi connectivity index (χ0n) is 17.3. The number of rotatable bonds is 4. The van der Waals surface area contributed by atoms with Crippen LogP contribution in [0.1, 0.15) is 20.8 Å². The van der Waals surface area contributed by atoms with Gasteiger partial charge in [0.05, 0.1) is 11.4 Å². The molecule has 0 aliphatic rings. The van der Waals surface area contributed by atoms with Crippen molar-refractivity contribution in [3.05, 3.63) is 106 Å². The average Bonchev–Trinajstić information content (AvgIpc) is 3.16. The maximum absolute atomic E-state index is 13.2. The molecule has 3 aromatic carbocycles. The van der Waals surface area contributed by atoms with Gasteiger partial charge in [-0.2, -0.15) is 0 Å². The van der Waals surface area contributed by atoms with Gasteiger partial charge < -0.3 is 5.73 Å².